The van der Waals surface area contributed by atoms with E-state index in [4.69, 9.17) is 23.2 Å². The molecule has 0 spiro atoms. The maximum Gasteiger partial charge on any atom is 0.253 e. The van der Waals surface area contributed by atoms with Crippen molar-refractivity contribution in [2.24, 2.45) is 0 Å². The van der Waals surface area contributed by atoms with Gasteiger partial charge in [-0.25, -0.2) is 0 Å². The zero-order chi connectivity index (χ0) is 11.0. The number of alkyl halides is 2. The molecule has 0 saturated carbocycles. The predicted molar refractivity (Wildman–Crippen MR) is 60.9 cm³/mol. The van der Waals surface area contributed by atoms with Crippen LogP contribution in [0.15, 0.2) is 0 Å². The van der Waals surface area contributed by atoms with Crippen LogP contribution in [-0.2, 0) is 4.79 Å². The van der Waals surface area contributed by atoms with Gasteiger partial charge in [-0.05, 0) is 26.1 Å². The fourth-order valence-electron chi connectivity index (χ4n) is 1.13. The molecule has 0 unspecified atom stereocenters. The maximum absolute atomic E-state index is 10.9. The van der Waals surface area contributed by atoms with E-state index >= 15 is 0 Å². The largest absolute Gasteiger partial charge is 0.354 e. The van der Waals surface area contributed by atoms with Crippen molar-refractivity contribution < 1.29 is 4.79 Å². The second-order valence-electron chi connectivity index (χ2n) is 2.97. The van der Waals surface area contributed by atoms with Gasteiger partial charge in [0.2, 0.25) is 0 Å². The first-order valence-corrected chi connectivity index (χ1v) is 5.77. The summed E-state index contributed by atoms with van der Waals surface area (Å²) in [6, 6.07) is 0. The van der Waals surface area contributed by atoms with Gasteiger partial charge in [0.05, 0.1) is 0 Å². The summed E-state index contributed by atoms with van der Waals surface area (Å²) in [4.78, 5) is 12.3. The quantitative estimate of drug-likeness (QED) is 0.542. The minimum atomic E-state index is -0.955. The Morgan fingerprint density at radius 2 is 1.93 bits per heavy atom. The maximum atomic E-state index is 10.9. The van der Waals surface area contributed by atoms with Crippen LogP contribution in [0.4, 0.5) is 0 Å². The standard InChI is InChI=1S/C9H18Cl2N2O/c1-3-13(4-2)7-5-6-12-9(14)8(10)11/h8H,3-7H2,1-2H3,(H,12,14). The Bertz CT molecular complexity index is 161. The lowest BCUT2D eigenvalue weighted by molar-refractivity contribution is -0.119. The monoisotopic (exact) mass is 240 g/mol. The summed E-state index contributed by atoms with van der Waals surface area (Å²) in [7, 11) is 0. The first-order valence-electron chi connectivity index (χ1n) is 4.90. The lowest BCUT2D eigenvalue weighted by Crippen LogP contribution is -2.32. The number of carbonyl (C=O) groups excluding carboxylic acids is 1. The zero-order valence-corrected chi connectivity index (χ0v) is 10.2. The number of nitrogens with zero attached hydrogens (tertiary/aromatic N) is 1. The highest BCUT2D eigenvalue weighted by Gasteiger charge is 2.09. The number of hydrogen-bond acceptors (Lipinski definition) is 2. The molecule has 0 saturated heterocycles. The number of rotatable bonds is 7. The van der Waals surface area contributed by atoms with Crippen LogP contribution < -0.4 is 5.32 Å². The predicted octanol–water partition coefficient (Wildman–Crippen LogP) is 1.64. The zero-order valence-electron chi connectivity index (χ0n) is 8.72. The molecule has 3 nitrogen and oxygen atoms in total. The fraction of sp³-hybridized carbons (Fsp3) is 0.889. The number of nitrogens with one attached hydrogen (secondary N) is 1. The van der Waals surface area contributed by atoms with Crippen molar-refractivity contribution in [3.63, 3.8) is 0 Å². The summed E-state index contributed by atoms with van der Waals surface area (Å²) in [6.07, 6.45) is 0.925. The molecule has 5 heteroatoms. The third-order valence-electron chi connectivity index (χ3n) is 2.04. The summed E-state index contributed by atoms with van der Waals surface area (Å²) in [5.41, 5.74) is 0. The van der Waals surface area contributed by atoms with E-state index in [9.17, 15) is 4.79 Å². The average Bonchev–Trinajstić information content (AvgIpc) is 2.17. The van der Waals surface area contributed by atoms with Gasteiger partial charge >= 0.3 is 0 Å². The van der Waals surface area contributed by atoms with Gasteiger partial charge in [0, 0.05) is 6.54 Å². The van der Waals surface area contributed by atoms with Crippen molar-refractivity contribution in [3.8, 4) is 0 Å². The van der Waals surface area contributed by atoms with Gasteiger partial charge in [-0.2, -0.15) is 0 Å². The smallest absolute Gasteiger partial charge is 0.253 e. The normalized spacial score (nSPS) is 11.0. The van der Waals surface area contributed by atoms with Crippen LogP contribution in [0, 0.1) is 0 Å². The highest BCUT2D eigenvalue weighted by atomic mass is 35.5. The average molecular weight is 241 g/mol. The molecule has 0 aromatic heterocycles. The first-order chi connectivity index (χ1) is 6.61. The van der Waals surface area contributed by atoms with Gasteiger partial charge in [-0.1, -0.05) is 37.0 Å². The molecule has 0 rings (SSSR count). The Hall–Kier alpha value is 0.01000. The molecule has 0 aliphatic heterocycles. The Kier molecular flexibility index (Phi) is 8.34. The summed E-state index contributed by atoms with van der Waals surface area (Å²) in [6.45, 7) is 7.94. The van der Waals surface area contributed by atoms with Crippen LogP contribution in [-0.4, -0.2) is 41.8 Å². The van der Waals surface area contributed by atoms with Crippen molar-refractivity contribution in [2.75, 3.05) is 26.2 Å². The Morgan fingerprint density at radius 3 is 2.36 bits per heavy atom. The highest BCUT2D eigenvalue weighted by Crippen LogP contribution is 2.00. The van der Waals surface area contributed by atoms with E-state index in [0.717, 1.165) is 26.1 Å². The van der Waals surface area contributed by atoms with Crippen molar-refractivity contribution in [1.82, 2.24) is 10.2 Å². The van der Waals surface area contributed by atoms with E-state index in [1.165, 1.54) is 0 Å². The first kappa shape index (κ1) is 14.0. The molecular formula is C9H18Cl2N2O. The summed E-state index contributed by atoms with van der Waals surface area (Å²) in [5.74, 6) is -0.312. The third kappa shape index (κ3) is 6.46. The van der Waals surface area contributed by atoms with Crippen LogP contribution in [0.25, 0.3) is 0 Å². The number of carbonyl (C=O) groups is 1. The fourth-order valence-corrected chi connectivity index (χ4v) is 1.29. The number of amides is 1. The van der Waals surface area contributed by atoms with E-state index in [0.29, 0.717) is 6.54 Å². The van der Waals surface area contributed by atoms with Crippen LogP contribution in [0.3, 0.4) is 0 Å². The van der Waals surface area contributed by atoms with Crippen molar-refractivity contribution >= 4 is 29.1 Å². The molecule has 14 heavy (non-hydrogen) atoms. The van der Waals surface area contributed by atoms with Gasteiger partial charge in [-0.3, -0.25) is 4.79 Å². The van der Waals surface area contributed by atoms with Crippen LogP contribution in [0.5, 0.6) is 0 Å². The lowest BCUT2D eigenvalue weighted by atomic mass is 10.3. The second kappa shape index (κ2) is 8.33. The molecule has 0 aromatic rings. The molecule has 1 amide bonds. The SMILES string of the molecule is CCN(CC)CCCNC(=O)C(Cl)Cl. The molecule has 0 aromatic carbocycles. The van der Waals surface area contributed by atoms with E-state index in [-0.39, 0.29) is 5.91 Å². The van der Waals surface area contributed by atoms with E-state index < -0.39 is 4.84 Å². The number of hydrogen-bond donors (Lipinski definition) is 1. The summed E-state index contributed by atoms with van der Waals surface area (Å²) >= 11 is 10.7. The van der Waals surface area contributed by atoms with Gasteiger partial charge in [0.15, 0.2) is 4.84 Å². The molecule has 0 radical (unpaired) electrons. The van der Waals surface area contributed by atoms with Crippen molar-refractivity contribution in [2.45, 2.75) is 25.1 Å². The molecule has 0 bridgehead atoms. The van der Waals surface area contributed by atoms with Gasteiger partial charge in [0.25, 0.3) is 5.91 Å². The highest BCUT2D eigenvalue weighted by molar-refractivity contribution is 6.53. The van der Waals surface area contributed by atoms with Crippen molar-refractivity contribution in [3.05, 3.63) is 0 Å². The van der Waals surface area contributed by atoms with E-state index in [1.807, 2.05) is 0 Å². The summed E-state index contributed by atoms with van der Waals surface area (Å²) < 4.78 is 0. The van der Waals surface area contributed by atoms with Crippen LogP contribution in [0.2, 0.25) is 0 Å². The van der Waals surface area contributed by atoms with Gasteiger partial charge < -0.3 is 10.2 Å². The number of halogens is 2. The Labute approximate surface area is 95.7 Å². The minimum absolute atomic E-state index is 0.312. The van der Waals surface area contributed by atoms with E-state index in [1.54, 1.807) is 0 Å². The summed E-state index contributed by atoms with van der Waals surface area (Å²) in [5, 5.41) is 2.66. The van der Waals surface area contributed by atoms with Crippen LogP contribution >= 0.6 is 23.2 Å². The molecule has 84 valence electrons. The van der Waals surface area contributed by atoms with Crippen LogP contribution in [0.1, 0.15) is 20.3 Å². The lowest BCUT2D eigenvalue weighted by Gasteiger charge is -2.17. The van der Waals surface area contributed by atoms with Gasteiger partial charge in [-0.15, -0.1) is 0 Å². The second-order valence-corrected chi connectivity index (χ2v) is 4.07. The minimum Gasteiger partial charge on any atom is -0.354 e. The molecule has 0 atom stereocenters. The molecule has 0 fully saturated rings. The van der Waals surface area contributed by atoms with E-state index in [2.05, 4.69) is 24.1 Å². The Morgan fingerprint density at radius 1 is 1.36 bits per heavy atom. The topological polar surface area (TPSA) is 32.3 Å². The molecule has 1 N–H and O–H groups in total. The van der Waals surface area contributed by atoms with Gasteiger partial charge in [0.1, 0.15) is 0 Å². The Balaban J connectivity index is 3.41. The van der Waals surface area contributed by atoms with Crippen molar-refractivity contribution in [1.29, 1.82) is 0 Å². The third-order valence-corrected chi connectivity index (χ3v) is 2.44. The molecule has 0 aliphatic rings. The molecule has 0 heterocycles. The molecular weight excluding hydrogens is 223 g/mol. The molecule has 0 aliphatic carbocycles.